The molecule has 0 saturated carbocycles. The van der Waals surface area contributed by atoms with Gasteiger partial charge in [-0.3, -0.25) is 0 Å². The number of fused-ring (bicyclic) bond motifs is 8. The van der Waals surface area contributed by atoms with Crippen molar-refractivity contribution in [2.75, 3.05) is 9.80 Å². The van der Waals surface area contributed by atoms with Gasteiger partial charge in [-0.15, -0.1) is 11.8 Å². The second-order valence-electron chi connectivity index (χ2n) is 24.4. The van der Waals surface area contributed by atoms with E-state index in [0.717, 1.165) is 0 Å². The van der Waals surface area contributed by atoms with E-state index in [4.69, 9.17) is 0 Å². The highest BCUT2D eigenvalue weighted by Gasteiger charge is 2.55. The Morgan fingerprint density at radius 1 is 0.541 bits per heavy atom. The van der Waals surface area contributed by atoms with Gasteiger partial charge in [-0.05, 0) is 169 Å². The molecule has 4 heteroatoms. The van der Waals surface area contributed by atoms with Crippen molar-refractivity contribution in [1.82, 2.24) is 0 Å². The maximum Gasteiger partial charge on any atom is 0.233 e. The zero-order chi connectivity index (χ0) is 43.6. The summed E-state index contributed by atoms with van der Waals surface area (Å²) in [6.45, 7) is 36.5. The zero-order valence-corrected chi connectivity index (χ0v) is 40.8. The summed E-state index contributed by atoms with van der Waals surface area (Å²) in [5, 5.41) is 0.293. The van der Waals surface area contributed by atoms with Crippen LogP contribution in [0, 0.1) is 6.92 Å². The highest BCUT2D eigenvalue weighted by Crippen LogP contribution is 2.59. The van der Waals surface area contributed by atoms with Gasteiger partial charge in [0.15, 0.2) is 0 Å². The number of nitrogens with zero attached hydrogens (tertiary/aromatic N) is 2. The topological polar surface area (TPSA) is 6.48 Å². The molecule has 5 aromatic rings. The van der Waals surface area contributed by atoms with E-state index in [-0.39, 0.29) is 45.2 Å². The van der Waals surface area contributed by atoms with Gasteiger partial charge in [0.1, 0.15) is 0 Å². The lowest BCUT2D eigenvalue weighted by Gasteiger charge is -2.50. The van der Waals surface area contributed by atoms with E-state index in [1.807, 2.05) is 0 Å². The summed E-state index contributed by atoms with van der Waals surface area (Å²) in [4.78, 5) is 6.94. The third-order valence-electron chi connectivity index (χ3n) is 16.1. The first-order valence-electron chi connectivity index (χ1n) is 23.4. The number of benzene rings is 5. The molecule has 0 amide bonds. The molecule has 5 aliphatic rings. The summed E-state index contributed by atoms with van der Waals surface area (Å²) in [7, 11) is 0. The molecular formula is C57H69BN2S. The van der Waals surface area contributed by atoms with E-state index in [9.17, 15) is 0 Å². The molecule has 0 spiro atoms. The monoisotopic (exact) mass is 825 g/mol. The molecule has 3 aliphatic heterocycles. The molecule has 316 valence electrons. The van der Waals surface area contributed by atoms with Crippen LogP contribution in [0.5, 0.6) is 0 Å². The van der Waals surface area contributed by atoms with Gasteiger partial charge < -0.3 is 9.80 Å². The Hall–Kier alpha value is -3.89. The molecular weight excluding hydrogens is 756 g/mol. The second kappa shape index (κ2) is 13.1. The van der Waals surface area contributed by atoms with Crippen molar-refractivity contribution in [3.05, 3.63) is 129 Å². The minimum Gasteiger partial charge on any atom is -0.334 e. The number of anilines is 5. The summed E-state index contributed by atoms with van der Waals surface area (Å²) < 4.78 is 0. The maximum atomic E-state index is 2.83. The zero-order valence-electron chi connectivity index (χ0n) is 39.9. The first-order valence-corrected chi connectivity index (χ1v) is 24.2. The molecule has 0 aromatic heterocycles. The van der Waals surface area contributed by atoms with Crippen LogP contribution >= 0.6 is 11.8 Å². The number of aryl methyl sites for hydroxylation is 1. The van der Waals surface area contributed by atoms with E-state index < -0.39 is 0 Å². The fourth-order valence-corrected chi connectivity index (χ4v) is 13.6. The summed E-state index contributed by atoms with van der Waals surface area (Å²) in [5.74, 6) is 0. The molecule has 3 heterocycles. The summed E-state index contributed by atoms with van der Waals surface area (Å²) in [6.07, 6.45) is 4.83. The van der Waals surface area contributed by atoms with E-state index in [1.165, 1.54) is 109 Å². The van der Waals surface area contributed by atoms with Gasteiger partial charge >= 0.3 is 0 Å². The minimum absolute atomic E-state index is 0.0539. The van der Waals surface area contributed by atoms with Crippen LogP contribution in [0.1, 0.15) is 173 Å². The predicted octanol–water partition coefficient (Wildman–Crippen LogP) is 14.6. The highest BCUT2D eigenvalue weighted by molar-refractivity contribution is 8.02. The Bertz CT molecular complexity index is 2630. The fraction of sp³-hybridized carbons (Fsp3) is 0.474. The van der Waals surface area contributed by atoms with Gasteiger partial charge in [0.2, 0.25) is 6.71 Å². The van der Waals surface area contributed by atoms with Crippen LogP contribution in [0.2, 0.25) is 0 Å². The normalized spacial score (nSPS) is 22.4. The SMILES string of the molecule is Cc1cc2c3c(c1)N(c1ccc4c(c1)C(C)(C)CCC4(C)C)C1c4cc(C(C)(C)C)ccc4SC1B3c1cc3c(cc1N2c1ccc(C(C)(C)C)cc1)C(C)(C)CCC3(C)C. The Labute approximate surface area is 373 Å². The predicted molar refractivity (Wildman–Crippen MR) is 266 cm³/mol. The minimum atomic E-state index is 0.0539. The second-order valence-corrected chi connectivity index (χ2v) is 25.7. The van der Waals surface area contributed by atoms with Gasteiger partial charge in [-0.25, -0.2) is 0 Å². The molecule has 2 unspecified atom stereocenters. The van der Waals surface area contributed by atoms with Crippen LogP contribution in [-0.2, 0) is 32.5 Å². The molecule has 0 bridgehead atoms. The van der Waals surface area contributed by atoms with Crippen LogP contribution in [0.3, 0.4) is 0 Å². The standard InChI is InChI=1S/C57H69BN2S/c1-34-28-46-49-47(29-34)60(38-21-22-40-41(31-38)55(10,11)25-24-54(40,8)9)50-39-30-36(53(5,6)7)18-23-48(39)61-51(50)58(49)44-32-42-43(57(14,15)27-26-56(42,12)13)33-45(44)59(46)37-19-16-35(17-20-37)52(2,3)4/h16-23,28-33,50-51H,24-27H2,1-15H3. The van der Waals surface area contributed by atoms with E-state index in [0.29, 0.717) is 5.15 Å². The van der Waals surface area contributed by atoms with Crippen molar-refractivity contribution in [1.29, 1.82) is 0 Å². The Morgan fingerprint density at radius 2 is 1.07 bits per heavy atom. The van der Waals surface area contributed by atoms with E-state index in [2.05, 4.69) is 210 Å². The van der Waals surface area contributed by atoms with Crippen molar-refractivity contribution in [3.8, 4) is 0 Å². The summed E-state index contributed by atoms with van der Waals surface area (Å²) >= 11 is 2.15. The first-order chi connectivity index (χ1) is 28.4. The van der Waals surface area contributed by atoms with Crippen LogP contribution in [0.4, 0.5) is 28.4 Å². The molecule has 61 heavy (non-hydrogen) atoms. The fourth-order valence-electron chi connectivity index (χ4n) is 12.0. The quantitative estimate of drug-likeness (QED) is 0.164. The molecule has 0 saturated heterocycles. The average molecular weight is 825 g/mol. The smallest absolute Gasteiger partial charge is 0.233 e. The van der Waals surface area contributed by atoms with E-state index in [1.54, 1.807) is 5.56 Å². The third kappa shape index (κ3) is 6.25. The average Bonchev–Trinajstić information content (AvgIpc) is 3.56. The third-order valence-corrected chi connectivity index (χ3v) is 17.6. The largest absolute Gasteiger partial charge is 0.334 e. The lowest BCUT2D eigenvalue weighted by Crippen LogP contribution is -2.63. The Morgan fingerprint density at radius 3 is 1.67 bits per heavy atom. The van der Waals surface area contributed by atoms with Crippen LogP contribution in [-0.4, -0.2) is 11.9 Å². The van der Waals surface area contributed by atoms with Crippen molar-refractivity contribution in [2.45, 2.75) is 178 Å². The highest BCUT2D eigenvalue weighted by atomic mass is 32.2. The first kappa shape index (κ1) is 41.1. The molecule has 2 nitrogen and oxygen atoms in total. The number of rotatable bonds is 2. The van der Waals surface area contributed by atoms with Crippen molar-refractivity contribution < 1.29 is 0 Å². The molecule has 2 aliphatic carbocycles. The maximum absolute atomic E-state index is 2.83. The summed E-state index contributed by atoms with van der Waals surface area (Å²) in [6, 6.07) is 35.3. The van der Waals surface area contributed by atoms with Gasteiger partial charge in [0.25, 0.3) is 0 Å². The molecule has 0 N–H and O–H groups in total. The molecule has 5 aromatic carbocycles. The lowest BCUT2D eigenvalue weighted by molar-refractivity contribution is 0.332. The van der Waals surface area contributed by atoms with Crippen LogP contribution in [0.15, 0.2) is 89.8 Å². The van der Waals surface area contributed by atoms with Crippen LogP contribution in [0.25, 0.3) is 0 Å². The van der Waals surface area contributed by atoms with E-state index >= 15 is 0 Å². The van der Waals surface area contributed by atoms with Crippen molar-refractivity contribution >= 4 is 57.8 Å². The van der Waals surface area contributed by atoms with Gasteiger partial charge in [0.05, 0.1) is 6.04 Å². The molecule has 2 atom stereocenters. The number of hydrogen-bond donors (Lipinski definition) is 0. The molecule has 0 fully saturated rings. The Balaban J connectivity index is 1.30. The number of thioether (sulfide) groups is 1. The molecule has 10 rings (SSSR count). The van der Waals surface area contributed by atoms with Gasteiger partial charge in [-0.2, -0.15) is 0 Å². The Kier molecular flexibility index (Phi) is 8.83. The lowest BCUT2D eigenvalue weighted by atomic mass is 9.33. The van der Waals surface area contributed by atoms with Crippen molar-refractivity contribution in [3.63, 3.8) is 0 Å². The van der Waals surface area contributed by atoms with Crippen LogP contribution < -0.4 is 20.7 Å². The molecule has 0 radical (unpaired) electrons. The van der Waals surface area contributed by atoms with Gasteiger partial charge in [-0.1, -0.05) is 133 Å². The number of hydrogen-bond acceptors (Lipinski definition) is 3. The van der Waals surface area contributed by atoms with Gasteiger partial charge in [0, 0.05) is 38.5 Å². The summed E-state index contributed by atoms with van der Waals surface area (Å²) in [5.41, 5.74) is 22.0. The van der Waals surface area contributed by atoms with Crippen molar-refractivity contribution in [2.24, 2.45) is 0 Å².